The Morgan fingerprint density at radius 1 is 0.960 bits per heavy atom. The minimum absolute atomic E-state index is 0.0112. The number of benzene rings is 2. The molecule has 0 heterocycles. The van der Waals surface area contributed by atoms with E-state index in [1.807, 2.05) is 0 Å². The third-order valence-corrected chi connectivity index (χ3v) is 5.21. The average molecular weight is 393 g/mol. The van der Waals surface area contributed by atoms with Gasteiger partial charge in [0.2, 0.25) is 9.84 Å². The Kier molecular flexibility index (Phi) is 6.07. The summed E-state index contributed by atoms with van der Waals surface area (Å²) in [6.45, 7) is 0. The lowest BCUT2D eigenvalue weighted by molar-refractivity contribution is 0.102. The van der Waals surface area contributed by atoms with E-state index in [1.54, 1.807) is 0 Å². The van der Waals surface area contributed by atoms with Gasteiger partial charge in [-0.25, -0.2) is 8.42 Å². The molecule has 0 saturated carbocycles. The molecule has 0 atom stereocenters. The molecule has 2 aromatic carbocycles. The molecule has 0 aliphatic rings. The van der Waals surface area contributed by atoms with E-state index in [-0.39, 0.29) is 27.9 Å². The van der Waals surface area contributed by atoms with Crippen molar-refractivity contribution in [1.82, 2.24) is 0 Å². The number of rotatable bonds is 6. The second kappa shape index (κ2) is 7.87. The standard InChI is InChI=1S/C15H11F4NO3S2/c16-14(17)24-12-4-2-1-3-11(12)13(21)20-9-5-7-10(8-6-9)25(22,23)15(18)19/h1-8,14-15H,(H,20,21). The Morgan fingerprint density at radius 3 is 2.12 bits per heavy atom. The van der Waals surface area contributed by atoms with Crippen molar-refractivity contribution in [2.45, 2.75) is 21.3 Å². The quantitative estimate of drug-likeness (QED) is 0.589. The predicted octanol–water partition coefficient (Wildman–Crippen LogP) is 4.25. The largest absolute Gasteiger partial charge is 0.341 e. The van der Waals surface area contributed by atoms with Gasteiger partial charge in [-0.15, -0.1) is 0 Å². The molecule has 1 N–H and O–H groups in total. The Hall–Kier alpha value is -2.07. The number of hydrogen-bond acceptors (Lipinski definition) is 4. The van der Waals surface area contributed by atoms with Gasteiger partial charge in [0.25, 0.3) is 11.7 Å². The summed E-state index contributed by atoms with van der Waals surface area (Å²) in [5.74, 6) is -6.94. The minimum Gasteiger partial charge on any atom is -0.322 e. The molecule has 0 radical (unpaired) electrons. The van der Waals surface area contributed by atoms with Crippen LogP contribution in [0.1, 0.15) is 10.4 Å². The van der Waals surface area contributed by atoms with E-state index in [0.29, 0.717) is 0 Å². The van der Waals surface area contributed by atoms with Crippen molar-refractivity contribution in [2.24, 2.45) is 0 Å². The first-order valence-electron chi connectivity index (χ1n) is 6.69. The lowest BCUT2D eigenvalue weighted by Gasteiger charge is -2.10. The van der Waals surface area contributed by atoms with Gasteiger partial charge in [0.05, 0.1) is 10.5 Å². The van der Waals surface area contributed by atoms with Crippen molar-refractivity contribution in [3.05, 3.63) is 54.1 Å². The number of anilines is 1. The van der Waals surface area contributed by atoms with Crippen molar-refractivity contribution >= 4 is 33.2 Å². The molecule has 0 bridgehead atoms. The highest BCUT2D eigenvalue weighted by Gasteiger charge is 2.26. The Labute approximate surface area is 145 Å². The number of amides is 1. The number of carbonyl (C=O) groups is 1. The van der Waals surface area contributed by atoms with Crippen LogP contribution in [-0.4, -0.2) is 25.8 Å². The average Bonchev–Trinajstić information content (AvgIpc) is 2.55. The third-order valence-electron chi connectivity index (χ3n) is 3.02. The van der Waals surface area contributed by atoms with Gasteiger partial charge in [-0.05, 0) is 36.4 Å². The number of alkyl halides is 4. The molecule has 1 amide bonds. The summed E-state index contributed by atoms with van der Waals surface area (Å²) in [6, 6.07) is 9.86. The molecule has 2 aromatic rings. The van der Waals surface area contributed by atoms with Gasteiger partial charge < -0.3 is 5.32 Å². The van der Waals surface area contributed by atoms with Gasteiger partial charge in [0.15, 0.2) is 0 Å². The molecule has 0 unspecified atom stereocenters. The SMILES string of the molecule is O=C(Nc1ccc(S(=O)(=O)C(F)F)cc1)c1ccccc1SC(F)F. The van der Waals surface area contributed by atoms with Crippen LogP contribution in [0, 0.1) is 0 Å². The van der Waals surface area contributed by atoms with Crippen LogP contribution in [0.2, 0.25) is 0 Å². The van der Waals surface area contributed by atoms with Gasteiger partial charge in [0, 0.05) is 10.6 Å². The number of nitrogens with one attached hydrogen (secondary N) is 1. The van der Waals surface area contributed by atoms with Gasteiger partial charge in [-0.1, -0.05) is 23.9 Å². The fourth-order valence-electron chi connectivity index (χ4n) is 1.88. The molecule has 134 valence electrons. The van der Waals surface area contributed by atoms with Crippen LogP contribution in [0.3, 0.4) is 0 Å². The maximum Gasteiger partial charge on any atom is 0.341 e. The monoisotopic (exact) mass is 393 g/mol. The Balaban J connectivity index is 2.20. The fraction of sp³-hybridized carbons (Fsp3) is 0.133. The zero-order valence-corrected chi connectivity index (χ0v) is 14.0. The van der Waals surface area contributed by atoms with Crippen LogP contribution in [0.5, 0.6) is 0 Å². The lowest BCUT2D eigenvalue weighted by Crippen LogP contribution is -2.14. The van der Waals surface area contributed by atoms with Gasteiger partial charge in [0.1, 0.15) is 0 Å². The highest BCUT2D eigenvalue weighted by Crippen LogP contribution is 2.29. The maximum absolute atomic E-state index is 12.5. The zero-order chi connectivity index (χ0) is 18.6. The molecule has 25 heavy (non-hydrogen) atoms. The summed E-state index contributed by atoms with van der Waals surface area (Å²) in [5, 5.41) is 2.40. The van der Waals surface area contributed by atoms with E-state index in [1.165, 1.54) is 24.3 Å². The van der Waals surface area contributed by atoms with E-state index in [4.69, 9.17) is 0 Å². The minimum atomic E-state index is -4.73. The maximum atomic E-state index is 12.5. The van der Waals surface area contributed by atoms with Crippen LogP contribution in [0.15, 0.2) is 58.3 Å². The van der Waals surface area contributed by atoms with E-state index < -0.39 is 32.2 Å². The second-order valence-corrected chi connectivity index (χ2v) is 7.61. The smallest absolute Gasteiger partial charge is 0.322 e. The molecule has 0 aliphatic heterocycles. The lowest BCUT2D eigenvalue weighted by atomic mass is 10.2. The summed E-state index contributed by atoms with van der Waals surface area (Å²) < 4.78 is 72.6. The van der Waals surface area contributed by atoms with Gasteiger partial charge >= 0.3 is 5.76 Å². The van der Waals surface area contributed by atoms with Crippen LogP contribution < -0.4 is 5.32 Å². The van der Waals surface area contributed by atoms with Crippen molar-refractivity contribution in [3.8, 4) is 0 Å². The molecule has 10 heteroatoms. The molecule has 0 spiro atoms. The normalized spacial score (nSPS) is 11.8. The first kappa shape index (κ1) is 19.3. The number of carbonyl (C=O) groups excluding carboxylic acids is 1. The number of hydrogen-bond donors (Lipinski definition) is 1. The van der Waals surface area contributed by atoms with Crippen LogP contribution in [0.25, 0.3) is 0 Å². The molecule has 0 fully saturated rings. The van der Waals surface area contributed by atoms with Crippen molar-refractivity contribution in [2.75, 3.05) is 5.32 Å². The number of halogens is 4. The fourth-order valence-corrected chi connectivity index (χ4v) is 3.24. The molecular formula is C15H11F4NO3S2. The van der Waals surface area contributed by atoms with Crippen LogP contribution >= 0.6 is 11.8 Å². The first-order chi connectivity index (χ1) is 11.7. The van der Waals surface area contributed by atoms with Crippen molar-refractivity contribution < 1.29 is 30.8 Å². The van der Waals surface area contributed by atoms with Crippen LogP contribution in [0.4, 0.5) is 23.2 Å². The zero-order valence-electron chi connectivity index (χ0n) is 12.3. The predicted molar refractivity (Wildman–Crippen MR) is 85.9 cm³/mol. The number of sulfone groups is 1. The van der Waals surface area contributed by atoms with Crippen molar-refractivity contribution in [3.63, 3.8) is 0 Å². The van der Waals surface area contributed by atoms with E-state index >= 15 is 0 Å². The summed E-state index contributed by atoms with van der Waals surface area (Å²) in [7, 11) is -4.73. The topological polar surface area (TPSA) is 63.2 Å². The molecule has 0 saturated heterocycles. The Bertz CT molecular complexity index is 855. The van der Waals surface area contributed by atoms with E-state index in [0.717, 1.165) is 24.3 Å². The number of thioether (sulfide) groups is 1. The molecule has 2 rings (SSSR count). The summed E-state index contributed by atoms with van der Waals surface area (Å²) in [5.41, 5.74) is 0.146. The summed E-state index contributed by atoms with van der Waals surface area (Å²) in [4.78, 5) is 11.7. The highest BCUT2D eigenvalue weighted by atomic mass is 32.2. The molecular weight excluding hydrogens is 382 g/mol. The first-order valence-corrected chi connectivity index (χ1v) is 9.11. The summed E-state index contributed by atoms with van der Waals surface area (Å²) in [6.07, 6.45) is 0. The second-order valence-electron chi connectivity index (χ2n) is 4.66. The molecule has 0 aliphatic carbocycles. The Morgan fingerprint density at radius 2 is 1.56 bits per heavy atom. The molecule has 4 nitrogen and oxygen atoms in total. The van der Waals surface area contributed by atoms with E-state index in [9.17, 15) is 30.8 Å². The third kappa shape index (κ3) is 4.73. The van der Waals surface area contributed by atoms with E-state index in [2.05, 4.69) is 5.32 Å². The van der Waals surface area contributed by atoms with Crippen molar-refractivity contribution in [1.29, 1.82) is 0 Å². The summed E-state index contributed by atoms with van der Waals surface area (Å²) >= 11 is 0.216. The highest BCUT2D eigenvalue weighted by molar-refractivity contribution is 7.99. The van der Waals surface area contributed by atoms with Gasteiger partial charge in [-0.2, -0.15) is 17.6 Å². The van der Waals surface area contributed by atoms with Gasteiger partial charge in [-0.3, -0.25) is 4.79 Å². The van der Waals surface area contributed by atoms with Crippen LogP contribution in [-0.2, 0) is 9.84 Å². The molecule has 0 aromatic heterocycles.